The average molecular weight is 404 g/mol. The largest absolute Gasteiger partial charge is 0.478 e. The third-order valence-corrected chi connectivity index (χ3v) is 4.87. The molecule has 0 radical (unpaired) electrons. The van der Waals surface area contributed by atoms with E-state index in [2.05, 4.69) is 0 Å². The molecule has 154 valence electrons. The number of carbonyl (C=O) groups is 2. The van der Waals surface area contributed by atoms with Crippen molar-refractivity contribution < 1.29 is 45.0 Å². The van der Waals surface area contributed by atoms with Gasteiger partial charge in [0, 0.05) is 0 Å². The molecule has 1 heterocycles. The lowest BCUT2D eigenvalue weighted by molar-refractivity contribution is -0.231. The maximum atomic E-state index is 11.3. The first-order chi connectivity index (χ1) is 13.7. The number of carboxylic acid groups (broad SMARTS) is 2. The highest BCUT2D eigenvalue weighted by molar-refractivity contribution is 5.96. The first-order valence-electron chi connectivity index (χ1n) is 8.75. The van der Waals surface area contributed by atoms with E-state index >= 15 is 0 Å². The summed E-state index contributed by atoms with van der Waals surface area (Å²) in [4.78, 5) is 22.7. The number of hydrogen-bond acceptors (Lipinski definition) is 7. The molecule has 0 bridgehead atoms. The smallest absolute Gasteiger partial charge is 0.335 e. The van der Waals surface area contributed by atoms with E-state index in [1.807, 2.05) is 0 Å². The van der Waals surface area contributed by atoms with Gasteiger partial charge in [0.25, 0.3) is 0 Å². The molecule has 6 N–H and O–H groups in total. The molecule has 0 aromatic heterocycles. The molecule has 9 heteroatoms. The van der Waals surface area contributed by atoms with Crippen molar-refractivity contribution in [3.63, 3.8) is 0 Å². The van der Waals surface area contributed by atoms with E-state index in [-0.39, 0.29) is 11.1 Å². The van der Waals surface area contributed by atoms with Crippen LogP contribution in [0, 0.1) is 0 Å². The molecule has 5 atom stereocenters. The molecule has 29 heavy (non-hydrogen) atoms. The van der Waals surface area contributed by atoms with Crippen LogP contribution in [0.15, 0.2) is 42.5 Å². The monoisotopic (exact) mass is 404 g/mol. The number of aliphatic hydroxyl groups excluding tert-OH is 4. The quantitative estimate of drug-likeness (QED) is 0.410. The van der Waals surface area contributed by atoms with Crippen LogP contribution in [0.3, 0.4) is 0 Å². The van der Waals surface area contributed by atoms with Gasteiger partial charge in [-0.25, -0.2) is 9.59 Å². The number of ether oxygens (including phenoxy) is 1. The van der Waals surface area contributed by atoms with Gasteiger partial charge in [-0.05, 0) is 41.0 Å². The number of benzene rings is 2. The zero-order valence-electron chi connectivity index (χ0n) is 15.0. The number of hydrogen-bond donors (Lipinski definition) is 6. The normalized spacial score (nSPS) is 26.8. The van der Waals surface area contributed by atoms with Crippen molar-refractivity contribution in [2.75, 3.05) is 6.61 Å². The van der Waals surface area contributed by atoms with Crippen LogP contribution in [0.1, 0.15) is 32.4 Å². The number of carboxylic acids is 2. The minimum Gasteiger partial charge on any atom is -0.478 e. The fourth-order valence-electron chi connectivity index (χ4n) is 3.31. The summed E-state index contributed by atoms with van der Waals surface area (Å²) >= 11 is 0. The molecule has 0 saturated carbocycles. The first-order valence-corrected chi connectivity index (χ1v) is 8.75. The molecule has 0 unspecified atom stereocenters. The number of rotatable bonds is 5. The van der Waals surface area contributed by atoms with E-state index < -0.39 is 49.1 Å². The summed E-state index contributed by atoms with van der Waals surface area (Å²) in [5.41, 5.74) is 0.798. The molecule has 9 nitrogen and oxygen atoms in total. The van der Waals surface area contributed by atoms with Gasteiger partial charge in [-0.1, -0.05) is 18.2 Å². The number of aliphatic hydroxyl groups is 4. The van der Waals surface area contributed by atoms with Crippen LogP contribution in [0.5, 0.6) is 0 Å². The van der Waals surface area contributed by atoms with Crippen LogP contribution in [0.25, 0.3) is 11.1 Å². The lowest BCUT2D eigenvalue weighted by Crippen LogP contribution is -2.55. The Hall–Kier alpha value is -2.82. The molecule has 1 saturated heterocycles. The third-order valence-electron chi connectivity index (χ3n) is 4.87. The van der Waals surface area contributed by atoms with Gasteiger partial charge in [-0.3, -0.25) is 0 Å². The Kier molecular flexibility index (Phi) is 5.96. The van der Waals surface area contributed by atoms with Crippen molar-refractivity contribution in [2.45, 2.75) is 30.5 Å². The summed E-state index contributed by atoms with van der Waals surface area (Å²) < 4.78 is 5.53. The Balaban J connectivity index is 2.02. The van der Waals surface area contributed by atoms with Gasteiger partial charge in [-0.2, -0.15) is 0 Å². The Morgan fingerprint density at radius 3 is 2.00 bits per heavy atom. The molecule has 2 aromatic rings. The van der Waals surface area contributed by atoms with Gasteiger partial charge in [0.2, 0.25) is 0 Å². The standard InChI is InChI=1S/C20H20O9/c21-8-14-15(22)16(23)17(24)18(29-14)10-3-1-2-9(4-10)11-5-12(19(25)26)7-13(6-11)20(27)28/h1-7,14-18,21-24H,8H2,(H,25,26)(H,27,28)/t14-,15-,16+,17+,18-/m1/s1. The highest BCUT2D eigenvalue weighted by atomic mass is 16.5. The molecule has 0 aliphatic carbocycles. The minimum atomic E-state index is -1.54. The van der Waals surface area contributed by atoms with E-state index in [9.17, 15) is 40.2 Å². The van der Waals surface area contributed by atoms with Gasteiger partial charge in [0.1, 0.15) is 30.5 Å². The van der Waals surface area contributed by atoms with Gasteiger partial charge < -0.3 is 35.4 Å². The Morgan fingerprint density at radius 1 is 0.828 bits per heavy atom. The van der Waals surface area contributed by atoms with Crippen LogP contribution >= 0.6 is 0 Å². The fraction of sp³-hybridized carbons (Fsp3) is 0.300. The second kappa shape index (κ2) is 8.27. The van der Waals surface area contributed by atoms with Crippen LogP contribution < -0.4 is 0 Å². The summed E-state index contributed by atoms with van der Waals surface area (Å²) in [5, 5.41) is 58.0. The molecular weight excluding hydrogens is 384 g/mol. The van der Waals surface area contributed by atoms with Crippen molar-refractivity contribution in [1.29, 1.82) is 0 Å². The Labute approximate surface area is 165 Å². The topological polar surface area (TPSA) is 165 Å². The lowest BCUT2D eigenvalue weighted by Gasteiger charge is -2.40. The third kappa shape index (κ3) is 4.14. The minimum absolute atomic E-state index is 0.196. The van der Waals surface area contributed by atoms with E-state index in [0.29, 0.717) is 16.7 Å². The van der Waals surface area contributed by atoms with Crippen LogP contribution in [-0.2, 0) is 4.74 Å². The first kappa shape index (κ1) is 20.9. The highest BCUT2D eigenvalue weighted by Crippen LogP contribution is 2.34. The van der Waals surface area contributed by atoms with Crippen LogP contribution in [-0.4, -0.2) is 73.6 Å². The summed E-state index contributed by atoms with van der Waals surface area (Å²) in [7, 11) is 0. The molecule has 1 aliphatic heterocycles. The van der Waals surface area contributed by atoms with E-state index in [4.69, 9.17) is 4.74 Å². The SMILES string of the molecule is O=C(O)c1cc(C(=O)O)cc(-c2cccc([C@H]3O[C@H](CO)[C@@H](O)[C@H](O)[C@@H]3O)c2)c1. The molecular formula is C20H20O9. The highest BCUT2D eigenvalue weighted by Gasteiger charge is 2.43. The van der Waals surface area contributed by atoms with Gasteiger partial charge in [-0.15, -0.1) is 0 Å². The van der Waals surface area contributed by atoms with Crippen LogP contribution in [0.4, 0.5) is 0 Å². The fourth-order valence-corrected chi connectivity index (χ4v) is 3.31. The zero-order valence-corrected chi connectivity index (χ0v) is 15.0. The van der Waals surface area contributed by atoms with Crippen molar-refractivity contribution in [1.82, 2.24) is 0 Å². The molecule has 3 rings (SSSR count). The molecule has 1 aliphatic rings. The summed E-state index contributed by atoms with van der Waals surface area (Å²) in [6.45, 7) is -0.566. The van der Waals surface area contributed by atoms with Crippen LogP contribution in [0.2, 0.25) is 0 Å². The maximum absolute atomic E-state index is 11.3. The predicted molar refractivity (Wildman–Crippen MR) is 98.5 cm³/mol. The van der Waals surface area contributed by atoms with Gasteiger partial charge in [0.15, 0.2) is 0 Å². The zero-order chi connectivity index (χ0) is 21.3. The van der Waals surface area contributed by atoms with E-state index in [1.54, 1.807) is 24.3 Å². The molecule has 1 fully saturated rings. The molecule has 2 aromatic carbocycles. The van der Waals surface area contributed by atoms with E-state index in [0.717, 1.165) is 6.07 Å². The molecule has 0 amide bonds. The number of aromatic carboxylic acids is 2. The summed E-state index contributed by atoms with van der Waals surface area (Å²) in [6, 6.07) is 10.1. The second-order valence-electron chi connectivity index (χ2n) is 6.78. The second-order valence-corrected chi connectivity index (χ2v) is 6.78. The average Bonchev–Trinajstić information content (AvgIpc) is 2.72. The Bertz CT molecular complexity index is 892. The summed E-state index contributed by atoms with van der Waals surface area (Å²) in [6.07, 6.45) is -6.63. The van der Waals surface area contributed by atoms with Crippen molar-refractivity contribution in [3.05, 3.63) is 59.2 Å². The van der Waals surface area contributed by atoms with Crippen molar-refractivity contribution >= 4 is 11.9 Å². The van der Waals surface area contributed by atoms with Crippen molar-refractivity contribution in [3.8, 4) is 11.1 Å². The summed E-state index contributed by atoms with van der Waals surface area (Å²) in [5.74, 6) is -2.56. The maximum Gasteiger partial charge on any atom is 0.335 e. The molecule has 0 spiro atoms. The lowest BCUT2D eigenvalue weighted by atomic mass is 9.89. The van der Waals surface area contributed by atoms with E-state index in [1.165, 1.54) is 12.1 Å². The predicted octanol–water partition coefficient (Wildman–Crippen LogP) is 0.265. The van der Waals surface area contributed by atoms with Gasteiger partial charge >= 0.3 is 11.9 Å². The van der Waals surface area contributed by atoms with Gasteiger partial charge in [0.05, 0.1) is 17.7 Å². The van der Waals surface area contributed by atoms with Crippen molar-refractivity contribution in [2.24, 2.45) is 0 Å². The Morgan fingerprint density at radius 2 is 1.45 bits per heavy atom.